The maximum absolute atomic E-state index is 4.58. The van der Waals surface area contributed by atoms with Gasteiger partial charge in [-0.25, -0.2) is 4.98 Å². The normalized spacial score (nSPS) is 10.7. The van der Waals surface area contributed by atoms with Crippen molar-refractivity contribution in [2.24, 2.45) is 7.05 Å². The van der Waals surface area contributed by atoms with E-state index in [1.807, 2.05) is 29.2 Å². The lowest BCUT2D eigenvalue weighted by Gasteiger charge is -2.05. The molecule has 0 spiro atoms. The number of benzene rings is 1. The van der Waals surface area contributed by atoms with Gasteiger partial charge in [0.1, 0.15) is 5.82 Å². The number of hydrogen-bond acceptors (Lipinski definition) is 4. The Morgan fingerprint density at radius 2 is 2.00 bits per heavy atom. The highest BCUT2D eigenvalue weighted by Gasteiger charge is 2.09. The molecular weight excluding hydrogens is 268 g/mol. The Kier molecular flexibility index (Phi) is 3.52. The number of aromatic nitrogens is 3. The number of hydrogen-bond donors (Lipinski definition) is 1. The molecule has 0 radical (unpaired) electrons. The maximum atomic E-state index is 4.58. The fourth-order valence-corrected chi connectivity index (χ4v) is 2.59. The standard InChI is InChI=1S/C15H16N4S/c1-11-5-7-12(8-6-11)16-10-14-17-15(18-19(14)2)13-4-3-9-20-13/h3-9,16H,10H2,1-2H3. The predicted molar refractivity (Wildman–Crippen MR) is 82.8 cm³/mol. The molecule has 0 fully saturated rings. The van der Waals surface area contributed by atoms with E-state index in [1.54, 1.807) is 11.3 Å². The Hall–Kier alpha value is -2.14. The molecule has 0 saturated carbocycles. The second-order valence-electron chi connectivity index (χ2n) is 4.67. The number of rotatable bonds is 4. The van der Waals surface area contributed by atoms with Gasteiger partial charge in [0.25, 0.3) is 0 Å². The Bertz CT molecular complexity index is 683. The average Bonchev–Trinajstić information content (AvgIpc) is 3.08. The molecule has 2 heterocycles. The van der Waals surface area contributed by atoms with Crippen LogP contribution in [-0.4, -0.2) is 14.8 Å². The van der Waals surface area contributed by atoms with Crippen LogP contribution in [0.3, 0.4) is 0 Å². The van der Waals surface area contributed by atoms with Gasteiger partial charge in [0.2, 0.25) is 0 Å². The van der Waals surface area contributed by atoms with Crippen molar-refractivity contribution in [3.05, 3.63) is 53.2 Å². The number of nitrogens with one attached hydrogen (secondary N) is 1. The quantitative estimate of drug-likeness (QED) is 0.797. The summed E-state index contributed by atoms with van der Waals surface area (Å²) in [7, 11) is 1.93. The van der Waals surface area contributed by atoms with E-state index in [0.717, 1.165) is 22.2 Å². The minimum absolute atomic E-state index is 0.665. The van der Waals surface area contributed by atoms with Crippen molar-refractivity contribution in [2.45, 2.75) is 13.5 Å². The first-order chi connectivity index (χ1) is 9.72. The highest BCUT2D eigenvalue weighted by atomic mass is 32.1. The Balaban J connectivity index is 1.73. The molecule has 0 saturated heterocycles. The summed E-state index contributed by atoms with van der Waals surface area (Å²) in [6.07, 6.45) is 0. The fraction of sp³-hybridized carbons (Fsp3) is 0.200. The molecule has 2 aromatic heterocycles. The predicted octanol–water partition coefficient (Wildman–Crippen LogP) is 3.46. The summed E-state index contributed by atoms with van der Waals surface area (Å²) in [5.74, 6) is 1.72. The van der Waals surface area contributed by atoms with Crippen molar-refractivity contribution < 1.29 is 0 Å². The lowest BCUT2D eigenvalue weighted by molar-refractivity contribution is 0.713. The van der Waals surface area contributed by atoms with Gasteiger partial charge < -0.3 is 5.32 Å². The van der Waals surface area contributed by atoms with Crippen LogP contribution < -0.4 is 5.32 Å². The van der Waals surface area contributed by atoms with Gasteiger partial charge in [0.05, 0.1) is 11.4 Å². The molecule has 20 heavy (non-hydrogen) atoms. The van der Waals surface area contributed by atoms with Gasteiger partial charge in [-0.05, 0) is 30.5 Å². The van der Waals surface area contributed by atoms with Gasteiger partial charge in [-0.15, -0.1) is 11.3 Å². The van der Waals surface area contributed by atoms with E-state index < -0.39 is 0 Å². The Morgan fingerprint density at radius 1 is 1.20 bits per heavy atom. The lowest BCUT2D eigenvalue weighted by Crippen LogP contribution is -2.06. The highest BCUT2D eigenvalue weighted by molar-refractivity contribution is 7.13. The van der Waals surface area contributed by atoms with E-state index in [1.165, 1.54) is 5.56 Å². The van der Waals surface area contributed by atoms with Gasteiger partial charge in [-0.3, -0.25) is 4.68 Å². The lowest BCUT2D eigenvalue weighted by atomic mass is 10.2. The van der Waals surface area contributed by atoms with Crippen molar-refractivity contribution in [1.82, 2.24) is 14.8 Å². The number of thiophene rings is 1. The van der Waals surface area contributed by atoms with E-state index in [4.69, 9.17) is 0 Å². The van der Waals surface area contributed by atoms with Crippen LogP contribution in [0, 0.1) is 6.92 Å². The third-order valence-corrected chi connectivity index (χ3v) is 3.96. The van der Waals surface area contributed by atoms with E-state index >= 15 is 0 Å². The first-order valence-electron chi connectivity index (χ1n) is 6.47. The third kappa shape index (κ3) is 2.72. The minimum atomic E-state index is 0.665. The average molecular weight is 284 g/mol. The van der Waals surface area contributed by atoms with Crippen molar-refractivity contribution >= 4 is 17.0 Å². The summed E-state index contributed by atoms with van der Waals surface area (Å²) in [5.41, 5.74) is 2.35. The molecule has 1 N–H and O–H groups in total. The highest BCUT2D eigenvalue weighted by Crippen LogP contribution is 2.21. The first kappa shape index (κ1) is 12.9. The minimum Gasteiger partial charge on any atom is -0.378 e. The molecule has 3 aromatic rings. The zero-order valence-electron chi connectivity index (χ0n) is 11.5. The third-order valence-electron chi connectivity index (χ3n) is 3.10. The van der Waals surface area contributed by atoms with Crippen molar-refractivity contribution in [3.63, 3.8) is 0 Å². The van der Waals surface area contributed by atoms with Crippen LogP contribution in [0.4, 0.5) is 5.69 Å². The zero-order valence-corrected chi connectivity index (χ0v) is 12.3. The zero-order chi connectivity index (χ0) is 13.9. The molecule has 0 atom stereocenters. The Labute approximate surface area is 122 Å². The van der Waals surface area contributed by atoms with E-state index in [2.05, 4.69) is 46.6 Å². The van der Waals surface area contributed by atoms with Crippen LogP contribution in [0.5, 0.6) is 0 Å². The molecule has 0 bridgehead atoms. The summed E-state index contributed by atoms with van der Waals surface area (Å²) in [4.78, 5) is 5.68. The van der Waals surface area contributed by atoms with Gasteiger partial charge in [-0.1, -0.05) is 23.8 Å². The summed E-state index contributed by atoms with van der Waals surface area (Å²) in [6.45, 7) is 2.75. The van der Waals surface area contributed by atoms with Gasteiger partial charge in [0.15, 0.2) is 5.82 Å². The summed E-state index contributed by atoms with van der Waals surface area (Å²) in [5, 5.41) is 9.86. The fourth-order valence-electron chi connectivity index (χ4n) is 1.93. The molecule has 5 heteroatoms. The van der Waals surface area contributed by atoms with E-state index in [9.17, 15) is 0 Å². The van der Waals surface area contributed by atoms with Crippen LogP contribution in [0.1, 0.15) is 11.4 Å². The van der Waals surface area contributed by atoms with Gasteiger partial charge in [-0.2, -0.15) is 5.10 Å². The molecule has 0 amide bonds. The molecule has 102 valence electrons. The molecule has 0 aliphatic heterocycles. The topological polar surface area (TPSA) is 42.7 Å². The van der Waals surface area contributed by atoms with Crippen LogP contribution in [0.2, 0.25) is 0 Å². The first-order valence-corrected chi connectivity index (χ1v) is 7.34. The molecule has 1 aromatic carbocycles. The molecule has 0 aliphatic carbocycles. The largest absolute Gasteiger partial charge is 0.378 e. The second-order valence-corrected chi connectivity index (χ2v) is 5.62. The summed E-state index contributed by atoms with van der Waals surface area (Å²) >= 11 is 1.66. The second kappa shape index (κ2) is 5.46. The summed E-state index contributed by atoms with van der Waals surface area (Å²) < 4.78 is 1.83. The molecule has 0 aliphatic rings. The van der Waals surface area contributed by atoms with Crippen LogP contribution in [0.15, 0.2) is 41.8 Å². The molecule has 3 rings (SSSR count). The van der Waals surface area contributed by atoms with Crippen molar-refractivity contribution in [3.8, 4) is 10.7 Å². The van der Waals surface area contributed by atoms with E-state index in [-0.39, 0.29) is 0 Å². The smallest absolute Gasteiger partial charge is 0.191 e. The van der Waals surface area contributed by atoms with Crippen LogP contribution in [0.25, 0.3) is 10.7 Å². The SMILES string of the molecule is Cc1ccc(NCc2nc(-c3cccs3)nn2C)cc1. The van der Waals surface area contributed by atoms with E-state index in [0.29, 0.717) is 6.54 Å². The van der Waals surface area contributed by atoms with Crippen LogP contribution >= 0.6 is 11.3 Å². The number of aryl methyl sites for hydroxylation is 2. The Morgan fingerprint density at radius 3 is 2.70 bits per heavy atom. The molecule has 4 nitrogen and oxygen atoms in total. The number of nitrogens with zero attached hydrogens (tertiary/aromatic N) is 3. The maximum Gasteiger partial charge on any atom is 0.191 e. The molecular formula is C15H16N4S. The number of anilines is 1. The molecule has 0 unspecified atom stereocenters. The van der Waals surface area contributed by atoms with Gasteiger partial charge >= 0.3 is 0 Å². The van der Waals surface area contributed by atoms with Crippen LogP contribution in [-0.2, 0) is 13.6 Å². The monoisotopic (exact) mass is 284 g/mol. The van der Waals surface area contributed by atoms with Crippen molar-refractivity contribution in [2.75, 3.05) is 5.32 Å². The van der Waals surface area contributed by atoms with Gasteiger partial charge in [0, 0.05) is 12.7 Å². The summed E-state index contributed by atoms with van der Waals surface area (Å²) in [6, 6.07) is 12.4. The van der Waals surface area contributed by atoms with Crippen molar-refractivity contribution in [1.29, 1.82) is 0 Å².